The third-order valence-electron chi connectivity index (χ3n) is 1.86. The molecule has 0 saturated carbocycles. The SMILES string of the molecule is CCOc1ccc[n+](C(C)(C)C)c1. The van der Waals surface area contributed by atoms with Crippen LogP contribution in [0.1, 0.15) is 27.7 Å². The number of pyridine rings is 1. The molecule has 1 rings (SSSR count). The zero-order chi connectivity index (χ0) is 9.90. The van der Waals surface area contributed by atoms with E-state index in [4.69, 9.17) is 4.74 Å². The van der Waals surface area contributed by atoms with Crippen molar-refractivity contribution in [2.24, 2.45) is 0 Å². The normalized spacial score (nSPS) is 11.4. The van der Waals surface area contributed by atoms with Crippen molar-refractivity contribution in [2.75, 3.05) is 6.61 Å². The molecule has 0 spiro atoms. The highest BCUT2D eigenvalue weighted by atomic mass is 16.5. The van der Waals surface area contributed by atoms with E-state index in [0.29, 0.717) is 6.61 Å². The Labute approximate surface area is 80.2 Å². The van der Waals surface area contributed by atoms with E-state index in [-0.39, 0.29) is 5.54 Å². The lowest BCUT2D eigenvalue weighted by atomic mass is 10.1. The highest BCUT2D eigenvalue weighted by Gasteiger charge is 2.21. The lowest BCUT2D eigenvalue weighted by Gasteiger charge is -2.13. The van der Waals surface area contributed by atoms with Crippen LogP contribution in [0.5, 0.6) is 5.75 Å². The fourth-order valence-corrected chi connectivity index (χ4v) is 1.12. The summed E-state index contributed by atoms with van der Waals surface area (Å²) in [6, 6.07) is 3.99. The summed E-state index contributed by atoms with van der Waals surface area (Å²) in [5, 5.41) is 0. The molecule has 0 fully saturated rings. The Kier molecular flexibility index (Phi) is 2.91. The van der Waals surface area contributed by atoms with Gasteiger partial charge in [0, 0.05) is 26.8 Å². The van der Waals surface area contributed by atoms with Gasteiger partial charge in [-0.1, -0.05) is 0 Å². The molecule has 0 N–H and O–H groups in total. The first kappa shape index (κ1) is 10.0. The standard InChI is InChI=1S/C11H18NO/c1-5-13-10-7-6-8-12(9-10)11(2,3)4/h6-9H,5H2,1-4H3/q+1. The van der Waals surface area contributed by atoms with E-state index < -0.39 is 0 Å². The molecule has 0 aromatic carbocycles. The quantitative estimate of drug-likeness (QED) is 0.635. The van der Waals surface area contributed by atoms with Crippen molar-refractivity contribution in [3.8, 4) is 5.75 Å². The van der Waals surface area contributed by atoms with Gasteiger partial charge in [-0.05, 0) is 13.0 Å². The molecule has 72 valence electrons. The minimum Gasteiger partial charge on any atom is -0.488 e. The van der Waals surface area contributed by atoms with Crippen LogP contribution in [0, 0.1) is 0 Å². The van der Waals surface area contributed by atoms with E-state index in [1.54, 1.807) is 0 Å². The molecule has 0 aliphatic carbocycles. The van der Waals surface area contributed by atoms with Crippen molar-refractivity contribution in [3.63, 3.8) is 0 Å². The summed E-state index contributed by atoms with van der Waals surface area (Å²) in [4.78, 5) is 0. The molecule has 0 atom stereocenters. The third kappa shape index (κ3) is 2.72. The summed E-state index contributed by atoms with van der Waals surface area (Å²) in [5.41, 5.74) is 0.118. The number of ether oxygens (including phenoxy) is 1. The van der Waals surface area contributed by atoms with Gasteiger partial charge in [0.05, 0.1) is 6.61 Å². The number of hydrogen-bond acceptors (Lipinski definition) is 1. The van der Waals surface area contributed by atoms with Gasteiger partial charge in [-0.25, -0.2) is 0 Å². The molecule has 0 aliphatic heterocycles. The summed E-state index contributed by atoms with van der Waals surface area (Å²) >= 11 is 0. The minimum absolute atomic E-state index is 0.118. The highest BCUT2D eigenvalue weighted by molar-refractivity contribution is 5.12. The molecular formula is C11H18NO+. The van der Waals surface area contributed by atoms with Gasteiger partial charge in [0.1, 0.15) is 0 Å². The van der Waals surface area contributed by atoms with Gasteiger partial charge in [-0.2, -0.15) is 4.57 Å². The van der Waals surface area contributed by atoms with Crippen LogP contribution in [0.4, 0.5) is 0 Å². The van der Waals surface area contributed by atoms with E-state index in [0.717, 1.165) is 5.75 Å². The molecule has 0 bridgehead atoms. The Balaban J connectivity index is 2.92. The predicted molar refractivity (Wildman–Crippen MR) is 52.8 cm³/mol. The smallest absolute Gasteiger partial charge is 0.211 e. The van der Waals surface area contributed by atoms with Crippen molar-refractivity contribution in [1.29, 1.82) is 0 Å². The first-order valence-electron chi connectivity index (χ1n) is 4.68. The summed E-state index contributed by atoms with van der Waals surface area (Å²) in [5.74, 6) is 0.930. The largest absolute Gasteiger partial charge is 0.488 e. The maximum Gasteiger partial charge on any atom is 0.211 e. The highest BCUT2D eigenvalue weighted by Crippen LogP contribution is 2.09. The van der Waals surface area contributed by atoms with Crippen LogP contribution in [0.15, 0.2) is 24.5 Å². The zero-order valence-electron chi connectivity index (χ0n) is 8.87. The monoisotopic (exact) mass is 180 g/mol. The van der Waals surface area contributed by atoms with Gasteiger partial charge >= 0.3 is 0 Å². The van der Waals surface area contributed by atoms with Crippen LogP contribution >= 0.6 is 0 Å². The molecule has 2 heteroatoms. The molecule has 0 saturated heterocycles. The lowest BCUT2D eigenvalue weighted by molar-refractivity contribution is -0.754. The van der Waals surface area contributed by atoms with Crippen molar-refractivity contribution >= 4 is 0 Å². The zero-order valence-corrected chi connectivity index (χ0v) is 8.87. The molecule has 1 aromatic heterocycles. The number of hydrogen-bond donors (Lipinski definition) is 0. The summed E-state index contributed by atoms with van der Waals surface area (Å²) < 4.78 is 7.57. The number of aromatic nitrogens is 1. The minimum atomic E-state index is 0.118. The fraction of sp³-hybridized carbons (Fsp3) is 0.545. The van der Waals surface area contributed by atoms with Crippen molar-refractivity contribution in [2.45, 2.75) is 33.2 Å². The van der Waals surface area contributed by atoms with Crippen LogP contribution in [-0.4, -0.2) is 6.61 Å². The Hall–Kier alpha value is -1.05. The Bertz CT molecular complexity index is 276. The summed E-state index contributed by atoms with van der Waals surface area (Å²) in [6.07, 6.45) is 4.09. The van der Waals surface area contributed by atoms with Crippen molar-refractivity contribution < 1.29 is 9.30 Å². The van der Waals surface area contributed by atoms with Crippen LogP contribution < -0.4 is 9.30 Å². The van der Waals surface area contributed by atoms with Crippen LogP contribution in [0.3, 0.4) is 0 Å². The summed E-state index contributed by atoms with van der Waals surface area (Å²) in [6.45, 7) is 9.22. The first-order chi connectivity index (χ1) is 6.04. The predicted octanol–water partition coefficient (Wildman–Crippen LogP) is 2.13. The Morgan fingerprint density at radius 2 is 2.08 bits per heavy atom. The maximum atomic E-state index is 5.42. The topological polar surface area (TPSA) is 13.1 Å². The Morgan fingerprint density at radius 1 is 1.38 bits per heavy atom. The second kappa shape index (κ2) is 3.77. The van der Waals surface area contributed by atoms with Crippen molar-refractivity contribution in [1.82, 2.24) is 0 Å². The molecule has 0 unspecified atom stereocenters. The van der Waals surface area contributed by atoms with Crippen LogP contribution in [0.25, 0.3) is 0 Å². The maximum absolute atomic E-state index is 5.42. The molecule has 0 aliphatic rings. The van der Waals surface area contributed by atoms with Gasteiger partial charge in [0.2, 0.25) is 6.20 Å². The number of nitrogens with zero attached hydrogens (tertiary/aromatic N) is 1. The molecule has 1 heterocycles. The molecule has 1 aromatic rings. The van der Waals surface area contributed by atoms with Gasteiger partial charge in [-0.3, -0.25) is 0 Å². The Morgan fingerprint density at radius 3 is 2.62 bits per heavy atom. The van der Waals surface area contributed by atoms with E-state index in [1.165, 1.54) is 0 Å². The average Bonchev–Trinajstić information content (AvgIpc) is 2.04. The van der Waals surface area contributed by atoms with E-state index in [9.17, 15) is 0 Å². The first-order valence-corrected chi connectivity index (χ1v) is 4.68. The molecule has 0 amide bonds. The summed E-state index contributed by atoms with van der Waals surface area (Å²) in [7, 11) is 0. The van der Waals surface area contributed by atoms with Crippen LogP contribution in [0.2, 0.25) is 0 Å². The lowest BCUT2D eigenvalue weighted by Crippen LogP contribution is -2.49. The van der Waals surface area contributed by atoms with Gasteiger partial charge in [-0.15, -0.1) is 0 Å². The van der Waals surface area contributed by atoms with Crippen molar-refractivity contribution in [3.05, 3.63) is 24.5 Å². The third-order valence-corrected chi connectivity index (χ3v) is 1.86. The number of rotatable bonds is 2. The molecular weight excluding hydrogens is 162 g/mol. The average molecular weight is 180 g/mol. The molecule has 2 nitrogen and oxygen atoms in total. The van der Waals surface area contributed by atoms with Crippen LogP contribution in [-0.2, 0) is 5.54 Å². The molecule has 0 radical (unpaired) electrons. The molecule has 13 heavy (non-hydrogen) atoms. The van der Waals surface area contributed by atoms with E-state index in [2.05, 4.69) is 31.5 Å². The second-order valence-electron chi connectivity index (χ2n) is 4.05. The van der Waals surface area contributed by atoms with E-state index in [1.807, 2.05) is 25.3 Å². The van der Waals surface area contributed by atoms with Gasteiger partial charge in [0.25, 0.3) is 0 Å². The second-order valence-corrected chi connectivity index (χ2v) is 4.05. The van der Waals surface area contributed by atoms with Gasteiger partial charge in [0.15, 0.2) is 17.5 Å². The van der Waals surface area contributed by atoms with E-state index >= 15 is 0 Å². The van der Waals surface area contributed by atoms with Gasteiger partial charge < -0.3 is 4.74 Å². The fourth-order valence-electron chi connectivity index (χ4n) is 1.12.